The number of aromatic nitrogens is 4. The van der Waals surface area contributed by atoms with E-state index in [0.717, 1.165) is 79.0 Å². The van der Waals surface area contributed by atoms with Gasteiger partial charge in [-0.1, -0.05) is 23.4 Å². The smallest absolute Gasteiger partial charge is 0.254 e. The predicted octanol–water partition coefficient (Wildman–Crippen LogP) is 5.98. The summed E-state index contributed by atoms with van der Waals surface area (Å²) >= 11 is 3.47. The number of amides is 2. The molecule has 2 aromatic carbocycles. The van der Waals surface area contributed by atoms with Crippen molar-refractivity contribution in [2.45, 2.75) is 46.0 Å². The summed E-state index contributed by atoms with van der Waals surface area (Å²) in [5, 5.41) is 10.5. The molecule has 4 aliphatic heterocycles. The maximum absolute atomic E-state index is 12.7. The van der Waals surface area contributed by atoms with Crippen molar-refractivity contribution in [2.24, 2.45) is 0 Å². The molecule has 0 radical (unpaired) electrons. The van der Waals surface area contributed by atoms with Gasteiger partial charge in [-0.05, 0) is 124 Å². The van der Waals surface area contributed by atoms with Gasteiger partial charge in [0.25, 0.3) is 11.8 Å². The zero-order valence-electron chi connectivity index (χ0n) is 27.5. The van der Waals surface area contributed by atoms with Gasteiger partial charge in [0.1, 0.15) is 0 Å². The minimum atomic E-state index is 0. The zero-order valence-corrected chi connectivity index (χ0v) is 29.9. The van der Waals surface area contributed by atoms with Gasteiger partial charge >= 0.3 is 0 Å². The third-order valence-corrected chi connectivity index (χ3v) is 9.93. The Balaban J connectivity index is 0.000000189. The molecule has 2 amide bonds. The van der Waals surface area contributed by atoms with Gasteiger partial charge in [0, 0.05) is 79.7 Å². The first kappa shape index (κ1) is 38.3. The summed E-state index contributed by atoms with van der Waals surface area (Å²) in [6.07, 6.45) is 14.3. The highest BCUT2D eigenvalue weighted by Gasteiger charge is 2.26. The average Bonchev–Trinajstić information content (AvgIpc) is 3.94. The molecule has 0 bridgehead atoms. The maximum atomic E-state index is 12.7. The average molecular weight is 754 g/mol. The lowest BCUT2D eigenvalue weighted by atomic mass is 9.98. The molecule has 0 spiro atoms. The van der Waals surface area contributed by atoms with Crippen LogP contribution in [0.25, 0.3) is 5.69 Å². The molecule has 1 N–H and O–H groups in total. The highest BCUT2D eigenvalue weighted by Crippen LogP contribution is 2.24. The number of rotatable bonds is 7. The highest BCUT2D eigenvalue weighted by molar-refractivity contribution is 9.10. The zero-order chi connectivity index (χ0) is 32.4. The summed E-state index contributed by atoms with van der Waals surface area (Å²) < 4.78 is 2.90. The number of hydrogen-bond donors (Lipinski definition) is 1. The molecule has 49 heavy (non-hydrogen) atoms. The monoisotopic (exact) mass is 752 g/mol. The lowest BCUT2D eigenvalue weighted by Crippen LogP contribution is -2.42. The Morgan fingerprint density at radius 1 is 0.694 bits per heavy atom. The molecule has 0 aliphatic carbocycles. The molecule has 2 aromatic heterocycles. The van der Waals surface area contributed by atoms with Gasteiger partial charge in [-0.25, -0.2) is 4.68 Å². The van der Waals surface area contributed by atoms with Crippen LogP contribution >= 0.6 is 28.3 Å². The number of nitrogens with one attached hydrogen (secondary N) is 1. The second kappa shape index (κ2) is 19.0. The van der Waals surface area contributed by atoms with E-state index in [2.05, 4.69) is 53.2 Å². The molecule has 0 saturated carbocycles. The lowest BCUT2D eigenvalue weighted by molar-refractivity contribution is 0.0716. The molecule has 4 aliphatic rings. The fourth-order valence-electron chi connectivity index (χ4n) is 6.77. The number of carbonyl (C=O) groups is 2. The van der Waals surface area contributed by atoms with E-state index in [4.69, 9.17) is 0 Å². The molecule has 8 rings (SSSR count). The van der Waals surface area contributed by atoms with Crippen molar-refractivity contribution in [2.75, 3.05) is 65.4 Å². The molecule has 0 atom stereocenters. The first-order valence-corrected chi connectivity index (χ1v) is 17.7. The van der Waals surface area contributed by atoms with E-state index in [1.54, 1.807) is 18.6 Å². The van der Waals surface area contributed by atoms with Crippen LogP contribution in [0.1, 0.15) is 65.0 Å². The molecule has 2 fully saturated rings. The summed E-state index contributed by atoms with van der Waals surface area (Å²) in [6, 6.07) is 15.8. The second-order valence-electron chi connectivity index (χ2n) is 12.5. The highest BCUT2D eigenvalue weighted by atomic mass is 79.9. The fraction of sp³-hybridized carbons (Fsp3) is 0.459. The van der Waals surface area contributed by atoms with Crippen LogP contribution in [0, 0.1) is 0 Å². The van der Waals surface area contributed by atoms with Gasteiger partial charge in [-0.2, -0.15) is 10.2 Å². The SMILES string of the molecule is C.Cl.O=C1c2ccc(-n3cccn3)cc2CCN1CCN1CCCC1.O=C1c2ccc(Br)cc2CCN1CCN1CCCC1.c1cn[nH]c1. The van der Waals surface area contributed by atoms with Crippen LogP contribution in [-0.2, 0) is 12.8 Å². The molecule has 4 aromatic rings. The quantitative estimate of drug-likeness (QED) is 0.250. The summed E-state index contributed by atoms with van der Waals surface area (Å²) in [5.41, 5.74) is 5.08. The van der Waals surface area contributed by atoms with Crippen LogP contribution in [0.2, 0.25) is 0 Å². The van der Waals surface area contributed by atoms with Gasteiger partial charge in [0.2, 0.25) is 0 Å². The van der Waals surface area contributed by atoms with Crippen molar-refractivity contribution >= 4 is 40.2 Å². The van der Waals surface area contributed by atoms with Crippen LogP contribution < -0.4 is 0 Å². The Bertz CT molecular complexity index is 1570. The van der Waals surface area contributed by atoms with E-state index in [-0.39, 0.29) is 31.6 Å². The van der Waals surface area contributed by atoms with Crippen LogP contribution in [0.3, 0.4) is 0 Å². The van der Waals surface area contributed by atoms with Crippen LogP contribution in [0.4, 0.5) is 0 Å². The molecule has 10 nitrogen and oxygen atoms in total. The Kier molecular flexibility index (Phi) is 14.9. The number of benzene rings is 2. The lowest BCUT2D eigenvalue weighted by Gasteiger charge is -2.30. The topological polar surface area (TPSA) is 93.6 Å². The van der Waals surface area contributed by atoms with E-state index in [1.807, 2.05) is 57.1 Å². The number of H-pyrrole nitrogens is 1. The Morgan fingerprint density at radius 2 is 1.27 bits per heavy atom. The van der Waals surface area contributed by atoms with E-state index in [0.29, 0.717) is 0 Å². The van der Waals surface area contributed by atoms with Gasteiger partial charge in [-0.15, -0.1) is 12.4 Å². The molecular weight excluding hydrogens is 704 g/mol. The van der Waals surface area contributed by atoms with E-state index >= 15 is 0 Å². The summed E-state index contributed by atoms with van der Waals surface area (Å²) in [5.74, 6) is 0.380. The number of likely N-dealkylation sites (tertiary alicyclic amines) is 2. The number of aromatic amines is 1. The molecule has 0 unspecified atom stereocenters. The van der Waals surface area contributed by atoms with Crippen molar-refractivity contribution in [3.8, 4) is 5.69 Å². The van der Waals surface area contributed by atoms with Crippen molar-refractivity contribution in [1.82, 2.24) is 39.6 Å². The number of hydrogen-bond acceptors (Lipinski definition) is 6. The maximum Gasteiger partial charge on any atom is 0.254 e. The van der Waals surface area contributed by atoms with E-state index in [9.17, 15) is 9.59 Å². The minimum absolute atomic E-state index is 0. The van der Waals surface area contributed by atoms with Gasteiger partial charge < -0.3 is 19.6 Å². The largest absolute Gasteiger partial charge is 0.337 e. The molecule has 2 saturated heterocycles. The van der Waals surface area contributed by atoms with E-state index in [1.165, 1.54) is 57.4 Å². The second-order valence-corrected chi connectivity index (χ2v) is 13.5. The van der Waals surface area contributed by atoms with E-state index < -0.39 is 0 Å². The van der Waals surface area contributed by atoms with Gasteiger partial charge in [0.05, 0.1) is 5.69 Å². The fourth-order valence-corrected chi connectivity index (χ4v) is 7.18. The molecule has 264 valence electrons. The number of carbonyl (C=O) groups excluding carboxylic acids is 2. The minimum Gasteiger partial charge on any atom is -0.337 e. The summed E-state index contributed by atoms with van der Waals surface area (Å²) in [4.78, 5) is 34.1. The number of halogens is 2. The standard InChI is InChI=1S/C18H22N4O.C15H19BrN2O.C3H4N2.CH4.ClH/c23-18-17-5-4-16(22-10-3-7-19-22)14-15(17)6-11-21(18)13-12-20-8-1-2-9-20;16-13-3-4-14-12(11-13)5-8-18(15(14)19)10-9-17-6-1-2-7-17;1-2-4-5-3-1;;/h3-5,7,10,14H,1-2,6,8-9,11-13H2;3-4,11H,1-2,5-10H2;1-3H,(H,4,5);1H4;1H. The van der Waals surface area contributed by atoms with Crippen LogP contribution in [0.15, 0.2) is 77.8 Å². The van der Waals surface area contributed by atoms with Crippen LogP contribution in [0.5, 0.6) is 0 Å². The molecule has 12 heteroatoms. The first-order chi connectivity index (χ1) is 23.0. The predicted molar refractivity (Wildman–Crippen MR) is 201 cm³/mol. The molecular formula is C37H50BrClN8O2. The van der Waals surface area contributed by atoms with Crippen molar-refractivity contribution in [1.29, 1.82) is 0 Å². The van der Waals surface area contributed by atoms with Crippen molar-refractivity contribution < 1.29 is 9.59 Å². The molecule has 6 heterocycles. The van der Waals surface area contributed by atoms with Crippen LogP contribution in [-0.4, -0.2) is 117 Å². The first-order valence-electron chi connectivity index (χ1n) is 16.9. The Hall–Kier alpha value is -3.51. The number of nitrogens with zero attached hydrogens (tertiary/aromatic N) is 7. The summed E-state index contributed by atoms with van der Waals surface area (Å²) in [6.45, 7) is 10.2. The third-order valence-electron chi connectivity index (χ3n) is 9.44. The summed E-state index contributed by atoms with van der Waals surface area (Å²) in [7, 11) is 0. The van der Waals surface area contributed by atoms with Crippen molar-refractivity contribution in [3.63, 3.8) is 0 Å². The van der Waals surface area contributed by atoms with Gasteiger partial charge in [0.15, 0.2) is 0 Å². The normalized spacial score (nSPS) is 17.2. The van der Waals surface area contributed by atoms with Crippen molar-refractivity contribution in [3.05, 3.63) is 100 Å². The number of fused-ring (bicyclic) bond motifs is 2. The third kappa shape index (κ3) is 10.3. The Morgan fingerprint density at radius 3 is 1.76 bits per heavy atom. The Labute approximate surface area is 305 Å². The van der Waals surface area contributed by atoms with Gasteiger partial charge in [-0.3, -0.25) is 14.7 Å².